The highest BCUT2D eigenvalue weighted by molar-refractivity contribution is 6.44. The van der Waals surface area contributed by atoms with Crippen LogP contribution in [0.15, 0.2) is 6.07 Å². The number of halogens is 2. The van der Waals surface area contributed by atoms with Crippen LogP contribution in [0.3, 0.4) is 0 Å². The summed E-state index contributed by atoms with van der Waals surface area (Å²) in [5, 5.41) is 0.0848. The predicted molar refractivity (Wildman–Crippen MR) is 63.5 cm³/mol. The molecule has 0 radical (unpaired) electrons. The lowest BCUT2D eigenvalue weighted by Crippen LogP contribution is -2.30. The first-order valence-electron chi connectivity index (χ1n) is 5.05. The van der Waals surface area contributed by atoms with Gasteiger partial charge in [-0.25, -0.2) is 4.79 Å². The fourth-order valence-corrected chi connectivity index (χ4v) is 1.87. The van der Waals surface area contributed by atoms with Crippen LogP contribution in [-0.4, -0.2) is 25.2 Å². The molecule has 0 aliphatic carbocycles. The van der Waals surface area contributed by atoms with Gasteiger partial charge in [0.1, 0.15) is 5.02 Å². The fourth-order valence-electron chi connectivity index (χ4n) is 1.44. The maximum Gasteiger partial charge on any atom is 0.389 e. The Morgan fingerprint density at radius 3 is 2.78 bits per heavy atom. The Morgan fingerprint density at radius 2 is 2.17 bits per heavy atom. The number of hydrogen-bond acceptors (Lipinski definition) is 5. The number of rotatable bonds is 3. The molecule has 1 heterocycles. The van der Waals surface area contributed by atoms with Crippen molar-refractivity contribution in [3.63, 3.8) is 0 Å². The number of carbonyl (C=O) groups excluding carboxylic acids is 2. The fraction of sp³-hybridized carbons (Fsp3) is 0.273. The first kappa shape index (κ1) is 13.0. The second kappa shape index (κ2) is 5.04. The van der Waals surface area contributed by atoms with E-state index in [9.17, 15) is 9.59 Å². The maximum absolute atomic E-state index is 11.4. The van der Waals surface area contributed by atoms with Crippen LogP contribution in [0.2, 0.25) is 10.0 Å². The van der Waals surface area contributed by atoms with Crippen molar-refractivity contribution >= 4 is 35.5 Å². The van der Waals surface area contributed by atoms with Gasteiger partial charge in [0, 0.05) is 5.56 Å². The molecule has 0 bridgehead atoms. The third-order valence-corrected chi connectivity index (χ3v) is 3.09. The highest BCUT2D eigenvalue weighted by Crippen LogP contribution is 2.46. The summed E-state index contributed by atoms with van der Waals surface area (Å²) >= 11 is 11.8. The second-order valence-electron chi connectivity index (χ2n) is 3.36. The van der Waals surface area contributed by atoms with E-state index in [4.69, 9.17) is 37.4 Å². The molecular weight excluding hydrogens is 283 g/mol. The summed E-state index contributed by atoms with van der Waals surface area (Å²) in [4.78, 5) is 22.2. The van der Waals surface area contributed by atoms with Gasteiger partial charge >= 0.3 is 12.3 Å². The van der Waals surface area contributed by atoms with Gasteiger partial charge in [-0.2, -0.15) is 0 Å². The van der Waals surface area contributed by atoms with Crippen LogP contribution in [-0.2, 0) is 9.53 Å². The average molecular weight is 291 g/mol. The van der Waals surface area contributed by atoms with Crippen LogP contribution in [0.4, 0.5) is 0 Å². The molecule has 1 aromatic rings. The van der Waals surface area contributed by atoms with Crippen LogP contribution >= 0.6 is 23.2 Å². The highest BCUT2D eigenvalue weighted by atomic mass is 35.5. The van der Waals surface area contributed by atoms with E-state index in [1.807, 2.05) is 0 Å². The zero-order valence-corrected chi connectivity index (χ0v) is 10.7. The normalized spacial score (nSPS) is 16.5. The zero-order chi connectivity index (χ0) is 13.3. The van der Waals surface area contributed by atoms with Crippen molar-refractivity contribution in [2.45, 2.75) is 13.2 Å². The maximum atomic E-state index is 11.4. The summed E-state index contributed by atoms with van der Waals surface area (Å²) < 4.78 is 15.2. The molecule has 2 rings (SSSR count). The van der Waals surface area contributed by atoms with Crippen LogP contribution in [0.1, 0.15) is 17.3 Å². The third kappa shape index (κ3) is 2.11. The van der Waals surface area contributed by atoms with Crippen molar-refractivity contribution in [3.05, 3.63) is 21.7 Å². The van der Waals surface area contributed by atoms with Gasteiger partial charge in [-0.15, -0.1) is 0 Å². The van der Waals surface area contributed by atoms with E-state index < -0.39 is 12.3 Å². The van der Waals surface area contributed by atoms with Crippen molar-refractivity contribution in [2.75, 3.05) is 6.61 Å². The standard InChI is InChI=1S/C11H8Cl2O5/c1-2-16-10(15)11-17-6-3-5(4-14)7(12)8(13)9(6)18-11/h3-4,11H,2H2,1H3. The molecule has 7 heteroatoms. The van der Waals surface area contributed by atoms with Gasteiger partial charge in [-0.1, -0.05) is 23.2 Å². The first-order valence-corrected chi connectivity index (χ1v) is 5.81. The lowest BCUT2D eigenvalue weighted by Gasteiger charge is -2.08. The number of fused-ring (bicyclic) bond motifs is 1. The van der Waals surface area contributed by atoms with E-state index in [0.29, 0.717) is 6.29 Å². The van der Waals surface area contributed by atoms with E-state index in [-0.39, 0.29) is 33.7 Å². The molecule has 5 nitrogen and oxygen atoms in total. The average Bonchev–Trinajstić information content (AvgIpc) is 2.78. The number of hydrogen-bond donors (Lipinski definition) is 0. The monoisotopic (exact) mass is 290 g/mol. The topological polar surface area (TPSA) is 61.8 Å². The molecule has 1 aliphatic rings. The molecule has 96 valence electrons. The van der Waals surface area contributed by atoms with Crippen molar-refractivity contribution in [1.82, 2.24) is 0 Å². The van der Waals surface area contributed by atoms with Gasteiger partial charge in [0.15, 0.2) is 17.8 Å². The summed E-state index contributed by atoms with van der Waals surface area (Å²) in [6, 6.07) is 1.36. The van der Waals surface area contributed by atoms with Gasteiger partial charge in [-0.05, 0) is 13.0 Å². The predicted octanol–water partition coefficient (Wildman–Crippen LogP) is 2.47. The van der Waals surface area contributed by atoms with Gasteiger partial charge in [-0.3, -0.25) is 4.79 Å². The molecule has 0 saturated heterocycles. The first-order chi connectivity index (χ1) is 8.58. The molecule has 1 atom stereocenters. The Hall–Kier alpha value is -1.46. The van der Waals surface area contributed by atoms with Gasteiger partial charge in [0.05, 0.1) is 11.6 Å². The number of ether oxygens (including phenoxy) is 3. The van der Waals surface area contributed by atoms with Crippen molar-refractivity contribution in [1.29, 1.82) is 0 Å². The Labute approximate surface area is 113 Å². The van der Waals surface area contributed by atoms with Crippen LogP contribution in [0.25, 0.3) is 0 Å². The molecule has 0 spiro atoms. The van der Waals surface area contributed by atoms with Gasteiger partial charge in [0.2, 0.25) is 0 Å². The van der Waals surface area contributed by atoms with E-state index >= 15 is 0 Å². The Bertz CT molecular complexity index is 515. The van der Waals surface area contributed by atoms with Crippen molar-refractivity contribution in [3.8, 4) is 11.5 Å². The SMILES string of the molecule is CCOC(=O)C1Oc2cc(C=O)c(Cl)c(Cl)c2O1. The lowest BCUT2D eigenvalue weighted by atomic mass is 10.2. The molecule has 1 aliphatic heterocycles. The third-order valence-electron chi connectivity index (χ3n) is 2.22. The second-order valence-corrected chi connectivity index (χ2v) is 4.11. The Morgan fingerprint density at radius 1 is 1.44 bits per heavy atom. The quantitative estimate of drug-likeness (QED) is 0.632. The molecule has 1 unspecified atom stereocenters. The summed E-state index contributed by atoms with van der Waals surface area (Å²) in [5.41, 5.74) is 0.161. The minimum atomic E-state index is -1.23. The summed E-state index contributed by atoms with van der Waals surface area (Å²) in [6.07, 6.45) is -0.689. The molecule has 0 fully saturated rings. The van der Waals surface area contributed by atoms with Crippen molar-refractivity contribution in [2.24, 2.45) is 0 Å². The lowest BCUT2D eigenvalue weighted by molar-refractivity contribution is -0.161. The molecule has 0 N–H and O–H groups in total. The minimum Gasteiger partial charge on any atom is -0.460 e. The van der Waals surface area contributed by atoms with E-state index in [2.05, 4.69) is 0 Å². The summed E-state index contributed by atoms with van der Waals surface area (Å²) in [6.45, 7) is 1.86. The molecule has 0 saturated carbocycles. The number of aldehydes is 1. The van der Waals surface area contributed by atoms with Crippen molar-refractivity contribution < 1.29 is 23.8 Å². The van der Waals surface area contributed by atoms with E-state index in [1.165, 1.54) is 6.07 Å². The summed E-state index contributed by atoms with van der Waals surface area (Å²) in [5.74, 6) is -0.358. The molecule has 18 heavy (non-hydrogen) atoms. The van der Waals surface area contributed by atoms with Gasteiger partial charge in [0.25, 0.3) is 0 Å². The molecule has 0 amide bonds. The number of carbonyl (C=O) groups is 2. The Balaban J connectivity index is 2.32. The van der Waals surface area contributed by atoms with Crippen LogP contribution < -0.4 is 9.47 Å². The van der Waals surface area contributed by atoms with E-state index in [0.717, 1.165) is 0 Å². The Kier molecular flexibility index (Phi) is 3.63. The zero-order valence-electron chi connectivity index (χ0n) is 9.24. The smallest absolute Gasteiger partial charge is 0.389 e. The number of esters is 1. The van der Waals surface area contributed by atoms with Crippen LogP contribution in [0, 0.1) is 0 Å². The van der Waals surface area contributed by atoms with E-state index in [1.54, 1.807) is 6.92 Å². The van der Waals surface area contributed by atoms with Crippen LogP contribution in [0.5, 0.6) is 11.5 Å². The molecule has 0 aromatic heterocycles. The molecule has 1 aromatic carbocycles. The highest BCUT2D eigenvalue weighted by Gasteiger charge is 2.35. The van der Waals surface area contributed by atoms with Gasteiger partial charge < -0.3 is 14.2 Å². The molecular formula is C11H8Cl2O5. The minimum absolute atomic E-state index is 0.0306. The number of benzene rings is 1. The largest absolute Gasteiger partial charge is 0.460 e. The summed E-state index contributed by atoms with van der Waals surface area (Å²) in [7, 11) is 0.